The van der Waals surface area contributed by atoms with Crippen molar-refractivity contribution in [1.29, 1.82) is 0 Å². The number of nitrogens with one attached hydrogen (secondary N) is 1. The van der Waals surface area contributed by atoms with Gasteiger partial charge in [-0.05, 0) is 31.5 Å². The van der Waals surface area contributed by atoms with Crippen LogP contribution >= 0.6 is 11.6 Å². The van der Waals surface area contributed by atoms with Crippen molar-refractivity contribution in [3.8, 4) is 0 Å². The van der Waals surface area contributed by atoms with Crippen LogP contribution in [0.4, 0.5) is 5.69 Å². The number of methoxy groups -OCH3 is 1. The fourth-order valence-corrected chi connectivity index (χ4v) is 2.17. The third-order valence-electron chi connectivity index (χ3n) is 3.40. The van der Waals surface area contributed by atoms with Crippen LogP contribution in [0.25, 0.3) is 0 Å². The maximum absolute atomic E-state index is 12.8. The Balaban J connectivity index is 3.07. The predicted octanol–water partition coefficient (Wildman–Crippen LogP) is 3.27. The van der Waals surface area contributed by atoms with E-state index in [-0.39, 0.29) is 11.9 Å². The maximum atomic E-state index is 12.8. The van der Waals surface area contributed by atoms with E-state index in [1.807, 2.05) is 17.9 Å². The summed E-state index contributed by atoms with van der Waals surface area (Å²) in [7, 11) is 3.43. The summed E-state index contributed by atoms with van der Waals surface area (Å²) >= 11 is 6.02. The second-order valence-corrected chi connectivity index (χ2v) is 5.12. The third-order valence-corrected chi connectivity index (χ3v) is 3.64. The number of carbonyl (C=O) groups excluding carboxylic acids is 1. The van der Waals surface area contributed by atoms with Gasteiger partial charge >= 0.3 is 0 Å². The highest BCUT2D eigenvalue weighted by atomic mass is 35.5. The van der Waals surface area contributed by atoms with Crippen molar-refractivity contribution in [2.45, 2.75) is 26.3 Å². The Morgan fingerprint density at radius 3 is 2.75 bits per heavy atom. The lowest BCUT2D eigenvalue weighted by Gasteiger charge is -2.29. The second-order valence-electron chi connectivity index (χ2n) is 4.69. The van der Waals surface area contributed by atoms with E-state index in [2.05, 4.69) is 12.2 Å². The van der Waals surface area contributed by atoms with E-state index in [1.54, 1.807) is 26.3 Å². The van der Waals surface area contributed by atoms with Crippen molar-refractivity contribution in [3.63, 3.8) is 0 Å². The van der Waals surface area contributed by atoms with Gasteiger partial charge in [0, 0.05) is 37.5 Å². The molecule has 0 saturated carbocycles. The lowest BCUT2D eigenvalue weighted by Crippen LogP contribution is -2.40. The van der Waals surface area contributed by atoms with E-state index in [0.717, 1.165) is 12.1 Å². The molecule has 0 saturated heterocycles. The molecule has 1 aromatic carbocycles. The molecule has 1 aromatic rings. The largest absolute Gasteiger partial charge is 0.387 e. The molecular formula is C15H23ClN2O2. The minimum Gasteiger partial charge on any atom is -0.387 e. The van der Waals surface area contributed by atoms with Crippen LogP contribution in [0.2, 0.25) is 5.02 Å². The first-order valence-electron chi connectivity index (χ1n) is 6.82. The second kappa shape index (κ2) is 8.12. The predicted molar refractivity (Wildman–Crippen MR) is 83.7 cm³/mol. The third kappa shape index (κ3) is 4.12. The van der Waals surface area contributed by atoms with Crippen LogP contribution < -0.4 is 5.32 Å². The van der Waals surface area contributed by atoms with E-state index in [4.69, 9.17) is 16.3 Å². The van der Waals surface area contributed by atoms with Crippen molar-refractivity contribution >= 4 is 23.2 Å². The van der Waals surface area contributed by atoms with Gasteiger partial charge in [-0.3, -0.25) is 4.79 Å². The first kappa shape index (κ1) is 16.8. The molecule has 5 heteroatoms. The quantitative estimate of drug-likeness (QED) is 0.840. The highest BCUT2D eigenvalue weighted by molar-refractivity contribution is 6.31. The van der Waals surface area contributed by atoms with Crippen LogP contribution in [0.5, 0.6) is 0 Å². The fraction of sp³-hybridized carbons (Fsp3) is 0.533. The Morgan fingerprint density at radius 2 is 2.20 bits per heavy atom. The molecule has 0 radical (unpaired) electrons. The molecule has 112 valence electrons. The van der Waals surface area contributed by atoms with Crippen molar-refractivity contribution in [2.75, 3.05) is 32.6 Å². The van der Waals surface area contributed by atoms with Crippen LogP contribution in [0.1, 0.15) is 30.6 Å². The van der Waals surface area contributed by atoms with Crippen LogP contribution in [-0.2, 0) is 4.74 Å². The van der Waals surface area contributed by atoms with Gasteiger partial charge < -0.3 is 15.0 Å². The van der Waals surface area contributed by atoms with Gasteiger partial charge in [0.25, 0.3) is 5.91 Å². The normalized spacial score (nSPS) is 12.1. The monoisotopic (exact) mass is 298 g/mol. The first-order valence-corrected chi connectivity index (χ1v) is 7.20. The zero-order valence-corrected chi connectivity index (χ0v) is 13.3. The van der Waals surface area contributed by atoms with Gasteiger partial charge in [-0.25, -0.2) is 0 Å². The maximum Gasteiger partial charge on any atom is 0.256 e. The first-order chi connectivity index (χ1) is 9.54. The van der Waals surface area contributed by atoms with Crippen LogP contribution in [0, 0.1) is 0 Å². The number of hydrogen-bond acceptors (Lipinski definition) is 3. The van der Waals surface area contributed by atoms with Crippen molar-refractivity contribution in [2.24, 2.45) is 0 Å². The molecule has 4 nitrogen and oxygen atoms in total. The number of carbonyl (C=O) groups is 1. The summed E-state index contributed by atoms with van der Waals surface area (Å²) in [6, 6.07) is 5.45. The molecule has 1 unspecified atom stereocenters. The van der Waals surface area contributed by atoms with Gasteiger partial charge in [0.15, 0.2) is 0 Å². The molecule has 0 aliphatic carbocycles. The molecule has 1 N–H and O–H groups in total. The van der Waals surface area contributed by atoms with E-state index in [0.29, 0.717) is 23.7 Å². The van der Waals surface area contributed by atoms with Crippen LogP contribution in [0.15, 0.2) is 18.2 Å². The van der Waals surface area contributed by atoms with E-state index >= 15 is 0 Å². The van der Waals surface area contributed by atoms with Gasteiger partial charge in [0.1, 0.15) is 0 Å². The summed E-state index contributed by atoms with van der Waals surface area (Å²) in [6.07, 6.45) is 0.894. The Bertz CT molecular complexity index is 451. The van der Waals surface area contributed by atoms with Crippen molar-refractivity contribution in [3.05, 3.63) is 28.8 Å². The lowest BCUT2D eigenvalue weighted by molar-refractivity contribution is 0.0615. The number of ether oxygens (including phenoxy) is 1. The van der Waals surface area contributed by atoms with Gasteiger partial charge in [-0.2, -0.15) is 0 Å². The smallest absolute Gasteiger partial charge is 0.256 e. The molecule has 20 heavy (non-hydrogen) atoms. The molecular weight excluding hydrogens is 276 g/mol. The summed E-state index contributed by atoms with van der Waals surface area (Å²) in [5.41, 5.74) is 1.38. The zero-order valence-electron chi connectivity index (χ0n) is 12.6. The van der Waals surface area contributed by atoms with Gasteiger partial charge in [-0.15, -0.1) is 0 Å². The van der Waals surface area contributed by atoms with Crippen LogP contribution in [-0.4, -0.2) is 44.2 Å². The number of anilines is 1. The average Bonchev–Trinajstić information content (AvgIpc) is 2.46. The van der Waals surface area contributed by atoms with Crippen molar-refractivity contribution in [1.82, 2.24) is 4.90 Å². The molecule has 1 atom stereocenters. The number of halogens is 1. The molecule has 0 aromatic heterocycles. The number of benzene rings is 1. The summed E-state index contributed by atoms with van der Waals surface area (Å²) in [4.78, 5) is 14.6. The highest BCUT2D eigenvalue weighted by Crippen LogP contribution is 2.23. The number of hydrogen-bond donors (Lipinski definition) is 1. The topological polar surface area (TPSA) is 41.6 Å². The average molecular weight is 299 g/mol. The minimum atomic E-state index is -0.0248. The molecule has 0 aliphatic heterocycles. The summed E-state index contributed by atoms with van der Waals surface area (Å²) in [6.45, 7) is 5.19. The summed E-state index contributed by atoms with van der Waals surface area (Å²) in [5, 5.41) is 3.59. The molecule has 0 heterocycles. The number of rotatable bonds is 7. The lowest BCUT2D eigenvalue weighted by atomic mass is 10.1. The molecule has 0 aliphatic rings. The molecule has 1 amide bonds. The Hall–Kier alpha value is -1.26. The number of amides is 1. The van der Waals surface area contributed by atoms with Gasteiger partial charge in [0.05, 0.1) is 12.2 Å². The van der Waals surface area contributed by atoms with Crippen molar-refractivity contribution < 1.29 is 9.53 Å². The van der Waals surface area contributed by atoms with Crippen LogP contribution in [0.3, 0.4) is 0 Å². The zero-order chi connectivity index (χ0) is 15.1. The van der Waals surface area contributed by atoms with E-state index in [1.165, 1.54) is 0 Å². The van der Waals surface area contributed by atoms with E-state index < -0.39 is 0 Å². The molecule has 0 spiro atoms. The Morgan fingerprint density at radius 1 is 1.50 bits per heavy atom. The molecule has 0 bridgehead atoms. The van der Waals surface area contributed by atoms with Gasteiger partial charge in [-0.1, -0.05) is 18.5 Å². The summed E-state index contributed by atoms with van der Waals surface area (Å²) < 4.78 is 5.10. The SMILES string of the molecule is CCC(C)N(CCOC)C(=O)c1cc(Cl)ccc1NC. The van der Waals surface area contributed by atoms with Gasteiger partial charge in [0.2, 0.25) is 0 Å². The Labute approximate surface area is 126 Å². The van der Waals surface area contributed by atoms with E-state index in [9.17, 15) is 4.79 Å². The fourth-order valence-electron chi connectivity index (χ4n) is 2.00. The standard InChI is InChI=1S/C15H23ClN2O2/c1-5-11(2)18(8-9-20-4)15(19)13-10-12(16)6-7-14(13)17-3/h6-7,10-11,17H,5,8-9H2,1-4H3. The molecule has 0 fully saturated rings. The number of nitrogens with zero attached hydrogens (tertiary/aromatic N) is 1. The minimum absolute atomic E-state index is 0.0248. The molecule has 1 rings (SSSR count). The summed E-state index contributed by atoms with van der Waals surface area (Å²) in [5.74, 6) is -0.0248. The Kier molecular flexibility index (Phi) is 6.82. The highest BCUT2D eigenvalue weighted by Gasteiger charge is 2.22.